The number of halogens is 3. The molecule has 1 saturated heterocycles. The summed E-state index contributed by atoms with van der Waals surface area (Å²) >= 11 is 0. The van der Waals surface area contributed by atoms with E-state index in [0.717, 1.165) is 37.4 Å². The average molecular weight is 453 g/mol. The number of rotatable bonds is 5. The SMILES string of the molecule is O=C(CN1CCCCC1c1ccccc1)c1cn2cc(-c3ccoc3)cc(C(F)(F)F)c2n1. The number of imidazole rings is 1. The van der Waals surface area contributed by atoms with Crippen LogP contribution in [-0.2, 0) is 6.18 Å². The zero-order chi connectivity index (χ0) is 23.0. The Bertz CT molecular complexity index is 1260. The first-order valence-electron chi connectivity index (χ1n) is 10.8. The first-order chi connectivity index (χ1) is 15.9. The number of carbonyl (C=O) groups is 1. The molecular formula is C25H22F3N3O2. The molecule has 4 aromatic rings. The van der Waals surface area contributed by atoms with Gasteiger partial charge in [0.15, 0.2) is 5.78 Å². The van der Waals surface area contributed by atoms with E-state index >= 15 is 0 Å². The highest BCUT2D eigenvalue weighted by Gasteiger charge is 2.35. The predicted molar refractivity (Wildman–Crippen MR) is 117 cm³/mol. The number of Topliss-reactive ketones (excluding diaryl/α,β-unsaturated/α-hetero) is 1. The molecule has 1 aliphatic heterocycles. The van der Waals surface area contributed by atoms with Crippen LogP contribution in [0.1, 0.15) is 46.9 Å². The van der Waals surface area contributed by atoms with Crippen molar-refractivity contribution in [1.29, 1.82) is 0 Å². The number of fused-ring (bicyclic) bond motifs is 1. The molecule has 1 atom stereocenters. The van der Waals surface area contributed by atoms with Crippen molar-refractivity contribution in [2.24, 2.45) is 0 Å². The van der Waals surface area contributed by atoms with Gasteiger partial charge in [0.2, 0.25) is 0 Å². The lowest BCUT2D eigenvalue weighted by atomic mass is 9.95. The molecule has 0 radical (unpaired) electrons. The molecule has 0 aliphatic carbocycles. The van der Waals surface area contributed by atoms with Gasteiger partial charge in [-0.15, -0.1) is 0 Å². The number of hydrogen-bond acceptors (Lipinski definition) is 4. The van der Waals surface area contributed by atoms with E-state index in [0.29, 0.717) is 11.1 Å². The number of likely N-dealkylation sites (tertiary alicyclic amines) is 1. The van der Waals surface area contributed by atoms with Crippen molar-refractivity contribution < 1.29 is 22.4 Å². The summed E-state index contributed by atoms with van der Waals surface area (Å²) in [6, 6.07) is 12.7. The third kappa shape index (κ3) is 4.30. The Labute approximate surface area is 188 Å². The zero-order valence-corrected chi connectivity index (χ0v) is 17.8. The highest BCUT2D eigenvalue weighted by Crippen LogP contribution is 2.36. The van der Waals surface area contributed by atoms with Gasteiger partial charge >= 0.3 is 6.18 Å². The number of nitrogens with zero attached hydrogens (tertiary/aromatic N) is 3. The number of ketones is 1. The topological polar surface area (TPSA) is 50.8 Å². The molecule has 5 rings (SSSR count). The Balaban J connectivity index is 1.47. The molecule has 1 unspecified atom stereocenters. The van der Waals surface area contributed by atoms with Gasteiger partial charge in [-0.3, -0.25) is 9.69 Å². The van der Waals surface area contributed by atoms with Gasteiger partial charge < -0.3 is 8.82 Å². The average Bonchev–Trinajstić information content (AvgIpc) is 3.49. The Morgan fingerprint density at radius 3 is 2.64 bits per heavy atom. The van der Waals surface area contributed by atoms with E-state index in [-0.39, 0.29) is 29.7 Å². The summed E-state index contributed by atoms with van der Waals surface area (Å²) in [5.41, 5.74) is 0.853. The van der Waals surface area contributed by atoms with Crippen molar-refractivity contribution in [2.75, 3.05) is 13.1 Å². The van der Waals surface area contributed by atoms with Crippen molar-refractivity contribution in [3.8, 4) is 11.1 Å². The molecule has 3 aromatic heterocycles. The lowest BCUT2D eigenvalue weighted by molar-refractivity contribution is -0.136. The molecule has 170 valence electrons. The Morgan fingerprint density at radius 1 is 1.09 bits per heavy atom. The summed E-state index contributed by atoms with van der Waals surface area (Å²) in [6.07, 6.45) is 4.08. The molecular weight excluding hydrogens is 431 g/mol. The number of carbonyl (C=O) groups excluding carboxylic acids is 1. The van der Waals surface area contributed by atoms with Crippen molar-refractivity contribution in [3.05, 3.63) is 84.2 Å². The molecule has 8 heteroatoms. The van der Waals surface area contributed by atoms with Crippen LogP contribution in [0.5, 0.6) is 0 Å². The molecule has 33 heavy (non-hydrogen) atoms. The summed E-state index contributed by atoms with van der Waals surface area (Å²) in [6.45, 7) is 0.872. The Morgan fingerprint density at radius 2 is 1.91 bits per heavy atom. The monoisotopic (exact) mass is 453 g/mol. The quantitative estimate of drug-likeness (QED) is 0.347. The van der Waals surface area contributed by atoms with Gasteiger partial charge in [0.1, 0.15) is 11.3 Å². The van der Waals surface area contributed by atoms with Crippen LogP contribution in [0.25, 0.3) is 16.8 Å². The minimum absolute atomic E-state index is 0.0298. The zero-order valence-electron chi connectivity index (χ0n) is 17.8. The van der Waals surface area contributed by atoms with Crippen LogP contribution in [0.4, 0.5) is 13.2 Å². The van der Waals surface area contributed by atoms with Crippen LogP contribution in [0.3, 0.4) is 0 Å². The predicted octanol–water partition coefficient (Wildman–Crippen LogP) is 6.02. The standard InChI is InChI=1S/C25H22F3N3O2/c26-25(27,28)20-12-19(18-9-11-33-16-18)13-31-14-21(29-24(20)31)23(32)15-30-10-5-4-8-22(30)17-6-2-1-3-7-17/h1-3,6-7,9,11-14,16,22H,4-5,8,10,15H2. The second-order valence-corrected chi connectivity index (χ2v) is 8.33. The van der Waals surface area contributed by atoms with Gasteiger partial charge in [0.25, 0.3) is 0 Å². The first-order valence-corrected chi connectivity index (χ1v) is 10.8. The molecule has 5 nitrogen and oxygen atoms in total. The van der Waals surface area contributed by atoms with Gasteiger partial charge in [0, 0.05) is 29.6 Å². The van der Waals surface area contributed by atoms with Crippen LogP contribution in [-0.4, -0.2) is 33.2 Å². The lowest BCUT2D eigenvalue weighted by Gasteiger charge is -2.35. The van der Waals surface area contributed by atoms with Crippen LogP contribution < -0.4 is 0 Å². The lowest BCUT2D eigenvalue weighted by Crippen LogP contribution is -2.37. The smallest absolute Gasteiger partial charge is 0.420 e. The highest BCUT2D eigenvalue weighted by atomic mass is 19.4. The van der Waals surface area contributed by atoms with E-state index in [1.54, 1.807) is 6.07 Å². The van der Waals surface area contributed by atoms with Crippen LogP contribution in [0.15, 0.2) is 71.8 Å². The number of alkyl halides is 3. The normalized spacial score (nSPS) is 17.5. The van der Waals surface area contributed by atoms with E-state index in [4.69, 9.17) is 4.42 Å². The summed E-state index contributed by atoms with van der Waals surface area (Å²) in [5.74, 6) is -0.292. The van der Waals surface area contributed by atoms with Crippen LogP contribution >= 0.6 is 0 Å². The number of furan rings is 1. The molecule has 1 fully saturated rings. The number of hydrogen-bond donors (Lipinski definition) is 0. The maximum atomic E-state index is 13.8. The first kappa shape index (κ1) is 21.5. The second-order valence-electron chi connectivity index (χ2n) is 8.33. The van der Waals surface area contributed by atoms with Crippen molar-refractivity contribution in [2.45, 2.75) is 31.5 Å². The largest absolute Gasteiger partial charge is 0.472 e. The van der Waals surface area contributed by atoms with E-state index < -0.39 is 11.7 Å². The van der Waals surface area contributed by atoms with E-state index in [2.05, 4.69) is 9.88 Å². The second kappa shape index (κ2) is 8.51. The Kier molecular flexibility index (Phi) is 5.54. The molecule has 1 aliphatic rings. The van der Waals surface area contributed by atoms with Gasteiger partial charge in [-0.1, -0.05) is 36.8 Å². The fourth-order valence-electron chi connectivity index (χ4n) is 4.53. The Hall–Kier alpha value is -3.39. The number of pyridine rings is 1. The van der Waals surface area contributed by atoms with Crippen molar-refractivity contribution >= 4 is 11.4 Å². The minimum atomic E-state index is -4.61. The minimum Gasteiger partial charge on any atom is -0.472 e. The molecule has 0 amide bonds. The molecule has 1 aromatic carbocycles. The van der Waals surface area contributed by atoms with Crippen molar-refractivity contribution in [1.82, 2.24) is 14.3 Å². The summed E-state index contributed by atoms with van der Waals surface area (Å²) in [5, 5.41) is 0. The van der Waals surface area contributed by atoms with Gasteiger partial charge in [-0.2, -0.15) is 13.2 Å². The molecule has 0 saturated carbocycles. The van der Waals surface area contributed by atoms with E-state index in [1.165, 1.54) is 29.3 Å². The summed E-state index contributed by atoms with van der Waals surface area (Å²) in [4.78, 5) is 19.3. The maximum absolute atomic E-state index is 13.8. The van der Waals surface area contributed by atoms with Crippen LogP contribution in [0.2, 0.25) is 0 Å². The third-order valence-corrected chi connectivity index (χ3v) is 6.14. The number of aromatic nitrogens is 2. The molecule has 0 N–H and O–H groups in total. The highest BCUT2D eigenvalue weighted by molar-refractivity contribution is 5.96. The van der Waals surface area contributed by atoms with Crippen LogP contribution in [0, 0.1) is 0 Å². The van der Waals surface area contributed by atoms with Gasteiger partial charge in [0.05, 0.1) is 24.6 Å². The molecule has 0 bridgehead atoms. The fraction of sp³-hybridized carbons (Fsp3) is 0.280. The maximum Gasteiger partial charge on any atom is 0.420 e. The third-order valence-electron chi connectivity index (χ3n) is 6.14. The summed E-state index contributed by atoms with van der Waals surface area (Å²) < 4.78 is 47.7. The van der Waals surface area contributed by atoms with Gasteiger partial charge in [-0.25, -0.2) is 4.98 Å². The van der Waals surface area contributed by atoms with Crippen molar-refractivity contribution in [3.63, 3.8) is 0 Å². The fourth-order valence-corrected chi connectivity index (χ4v) is 4.53. The molecule has 4 heterocycles. The van der Waals surface area contributed by atoms with E-state index in [1.807, 2.05) is 30.3 Å². The number of piperidine rings is 1. The summed E-state index contributed by atoms with van der Waals surface area (Å²) in [7, 11) is 0. The van der Waals surface area contributed by atoms with Gasteiger partial charge in [-0.05, 0) is 37.1 Å². The molecule has 0 spiro atoms. The number of benzene rings is 1. The van der Waals surface area contributed by atoms with E-state index in [9.17, 15) is 18.0 Å².